The van der Waals surface area contributed by atoms with E-state index in [2.05, 4.69) is 24.3 Å². The molecular weight excluding hydrogens is 390 g/mol. The first kappa shape index (κ1) is 20.7. The molecule has 31 heavy (non-hydrogen) atoms. The zero-order valence-electron chi connectivity index (χ0n) is 17.6. The van der Waals surface area contributed by atoms with E-state index in [9.17, 15) is 14.7 Å². The maximum Gasteiger partial charge on any atom is 0.410 e. The van der Waals surface area contributed by atoms with Gasteiger partial charge in [0.15, 0.2) is 0 Å². The topological polar surface area (TPSA) is 66.8 Å². The standard InChI is InChI=1S/C26H25NO4/c1-17-9-3-4-10-18(17)15-24(25(28)29)27(2)26(30)31-16-23-21-13-7-5-11-19(21)20-12-6-8-14-22(20)23/h3-14,23-24H,15-16H2,1-2H3,(H,28,29)/t24-/m0/s1. The Morgan fingerprint density at radius 1 is 0.935 bits per heavy atom. The maximum atomic E-state index is 12.8. The third-order valence-corrected chi connectivity index (χ3v) is 6.05. The summed E-state index contributed by atoms with van der Waals surface area (Å²) in [5.41, 5.74) is 6.43. The van der Waals surface area contributed by atoms with Crippen LogP contribution in [0.5, 0.6) is 0 Å². The van der Waals surface area contributed by atoms with Crippen molar-refractivity contribution in [1.82, 2.24) is 4.90 Å². The van der Waals surface area contributed by atoms with E-state index in [0.717, 1.165) is 33.4 Å². The first-order valence-corrected chi connectivity index (χ1v) is 10.3. The molecule has 4 rings (SSSR count). The second-order valence-corrected chi connectivity index (χ2v) is 7.90. The van der Waals surface area contributed by atoms with Crippen LogP contribution in [-0.2, 0) is 16.0 Å². The van der Waals surface area contributed by atoms with Crippen LogP contribution in [0.1, 0.15) is 28.2 Å². The highest BCUT2D eigenvalue weighted by Crippen LogP contribution is 2.44. The molecule has 0 spiro atoms. The molecule has 1 atom stereocenters. The SMILES string of the molecule is Cc1ccccc1C[C@@H](C(=O)O)N(C)C(=O)OCC1c2ccccc2-c2ccccc21. The van der Waals surface area contributed by atoms with E-state index in [1.54, 1.807) is 0 Å². The van der Waals surface area contributed by atoms with Crippen LogP contribution in [0.25, 0.3) is 11.1 Å². The highest BCUT2D eigenvalue weighted by atomic mass is 16.6. The predicted molar refractivity (Wildman–Crippen MR) is 119 cm³/mol. The number of hydrogen-bond acceptors (Lipinski definition) is 3. The van der Waals surface area contributed by atoms with Gasteiger partial charge in [-0.05, 0) is 40.3 Å². The molecule has 5 heteroatoms. The zero-order chi connectivity index (χ0) is 22.0. The fraction of sp³-hybridized carbons (Fsp3) is 0.231. The van der Waals surface area contributed by atoms with Crippen molar-refractivity contribution in [2.24, 2.45) is 0 Å². The fourth-order valence-corrected chi connectivity index (χ4v) is 4.26. The number of rotatable bonds is 6. The number of likely N-dealkylation sites (N-methyl/N-ethyl adjacent to an activating group) is 1. The van der Waals surface area contributed by atoms with Crippen molar-refractivity contribution < 1.29 is 19.4 Å². The summed E-state index contributed by atoms with van der Waals surface area (Å²) in [5.74, 6) is -1.12. The Bertz CT molecular complexity index is 1080. The Kier molecular flexibility index (Phi) is 5.76. The number of fused-ring (bicyclic) bond motifs is 3. The van der Waals surface area contributed by atoms with Crippen molar-refractivity contribution in [3.8, 4) is 11.1 Å². The predicted octanol–water partition coefficient (Wildman–Crippen LogP) is 4.87. The second-order valence-electron chi connectivity index (χ2n) is 7.90. The lowest BCUT2D eigenvalue weighted by Gasteiger charge is -2.25. The summed E-state index contributed by atoms with van der Waals surface area (Å²) >= 11 is 0. The number of nitrogens with zero attached hydrogens (tertiary/aromatic N) is 1. The Morgan fingerprint density at radius 3 is 2.06 bits per heavy atom. The lowest BCUT2D eigenvalue weighted by molar-refractivity contribution is -0.142. The lowest BCUT2D eigenvalue weighted by Crippen LogP contribution is -2.44. The molecule has 1 N–H and O–H groups in total. The zero-order valence-corrected chi connectivity index (χ0v) is 17.6. The van der Waals surface area contributed by atoms with Gasteiger partial charge in [-0.3, -0.25) is 4.90 Å². The van der Waals surface area contributed by atoms with Crippen LogP contribution >= 0.6 is 0 Å². The molecule has 1 amide bonds. The minimum atomic E-state index is -1.06. The third kappa shape index (κ3) is 4.04. The monoisotopic (exact) mass is 415 g/mol. The molecule has 3 aromatic rings. The molecule has 0 unspecified atom stereocenters. The summed E-state index contributed by atoms with van der Waals surface area (Å²) in [4.78, 5) is 25.9. The van der Waals surface area contributed by atoms with Crippen LogP contribution in [0.3, 0.4) is 0 Å². The molecule has 0 saturated heterocycles. The van der Waals surface area contributed by atoms with Gasteiger partial charge in [0.2, 0.25) is 0 Å². The van der Waals surface area contributed by atoms with Crippen LogP contribution < -0.4 is 0 Å². The van der Waals surface area contributed by atoms with Gasteiger partial charge in [0.1, 0.15) is 12.6 Å². The highest BCUT2D eigenvalue weighted by Gasteiger charge is 2.32. The van der Waals surface area contributed by atoms with Gasteiger partial charge in [-0.2, -0.15) is 0 Å². The number of carbonyl (C=O) groups is 2. The summed E-state index contributed by atoms with van der Waals surface area (Å²) in [7, 11) is 1.48. The minimum Gasteiger partial charge on any atom is -0.480 e. The number of carbonyl (C=O) groups excluding carboxylic acids is 1. The number of hydrogen-bond donors (Lipinski definition) is 1. The van der Waals surface area contributed by atoms with Crippen molar-refractivity contribution in [2.75, 3.05) is 13.7 Å². The molecule has 0 bridgehead atoms. The van der Waals surface area contributed by atoms with E-state index in [4.69, 9.17) is 4.74 Å². The summed E-state index contributed by atoms with van der Waals surface area (Å²) in [6.07, 6.45) is -0.411. The molecule has 1 aliphatic carbocycles. The Hall–Kier alpha value is -3.60. The first-order valence-electron chi connectivity index (χ1n) is 10.3. The summed E-state index contributed by atoms with van der Waals surface area (Å²) < 4.78 is 5.62. The van der Waals surface area contributed by atoms with E-state index in [1.807, 2.05) is 55.5 Å². The molecule has 0 fully saturated rings. The van der Waals surface area contributed by atoms with Gasteiger partial charge in [0.05, 0.1) is 0 Å². The molecule has 0 heterocycles. The van der Waals surface area contributed by atoms with Gasteiger partial charge in [-0.15, -0.1) is 0 Å². The van der Waals surface area contributed by atoms with E-state index in [1.165, 1.54) is 11.9 Å². The van der Waals surface area contributed by atoms with Gasteiger partial charge >= 0.3 is 12.1 Å². The number of aryl methyl sites for hydroxylation is 1. The Morgan fingerprint density at radius 2 is 1.48 bits per heavy atom. The van der Waals surface area contributed by atoms with Crippen LogP contribution in [-0.4, -0.2) is 41.8 Å². The highest BCUT2D eigenvalue weighted by molar-refractivity contribution is 5.81. The number of benzene rings is 3. The number of aliphatic carboxylic acids is 1. The summed E-state index contributed by atoms with van der Waals surface area (Å²) in [6, 6.07) is 22.8. The molecular formula is C26H25NO4. The van der Waals surface area contributed by atoms with Crippen LogP contribution in [0.15, 0.2) is 72.8 Å². The largest absolute Gasteiger partial charge is 0.480 e. The van der Waals surface area contributed by atoms with Crippen LogP contribution in [0, 0.1) is 6.92 Å². The fourth-order valence-electron chi connectivity index (χ4n) is 4.26. The average molecular weight is 415 g/mol. The summed E-state index contributed by atoms with van der Waals surface area (Å²) in [6.45, 7) is 2.09. The average Bonchev–Trinajstić information content (AvgIpc) is 3.10. The normalized spacial score (nSPS) is 13.2. The second kappa shape index (κ2) is 8.64. The van der Waals surface area contributed by atoms with Gasteiger partial charge in [-0.25, -0.2) is 9.59 Å². The van der Waals surface area contributed by atoms with Crippen molar-refractivity contribution in [1.29, 1.82) is 0 Å². The number of carboxylic acids is 1. The lowest BCUT2D eigenvalue weighted by atomic mass is 9.98. The molecule has 3 aromatic carbocycles. The van der Waals surface area contributed by atoms with Gasteiger partial charge in [0, 0.05) is 19.4 Å². The van der Waals surface area contributed by atoms with Crippen molar-refractivity contribution >= 4 is 12.1 Å². The maximum absolute atomic E-state index is 12.8. The Labute approximate surface area is 181 Å². The first-order chi connectivity index (χ1) is 15.0. The Balaban J connectivity index is 1.49. The van der Waals surface area contributed by atoms with Gasteiger partial charge in [-0.1, -0.05) is 72.8 Å². The van der Waals surface area contributed by atoms with E-state index in [0.29, 0.717) is 0 Å². The molecule has 5 nitrogen and oxygen atoms in total. The molecule has 158 valence electrons. The van der Waals surface area contributed by atoms with E-state index >= 15 is 0 Å². The summed E-state index contributed by atoms with van der Waals surface area (Å²) in [5, 5.41) is 9.74. The van der Waals surface area contributed by atoms with Gasteiger partial charge < -0.3 is 9.84 Å². The van der Waals surface area contributed by atoms with Crippen molar-refractivity contribution in [2.45, 2.75) is 25.3 Å². The van der Waals surface area contributed by atoms with Crippen molar-refractivity contribution in [3.05, 3.63) is 95.1 Å². The van der Waals surface area contributed by atoms with Gasteiger partial charge in [0.25, 0.3) is 0 Å². The molecule has 0 radical (unpaired) electrons. The quantitative estimate of drug-likeness (QED) is 0.624. The third-order valence-electron chi connectivity index (χ3n) is 6.05. The van der Waals surface area contributed by atoms with Crippen LogP contribution in [0.4, 0.5) is 4.79 Å². The number of amides is 1. The smallest absolute Gasteiger partial charge is 0.410 e. The van der Waals surface area contributed by atoms with E-state index < -0.39 is 18.1 Å². The molecule has 0 aromatic heterocycles. The van der Waals surface area contributed by atoms with E-state index in [-0.39, 0.29) is 18.9 Å². The van der Waals surface area contributed by atoms with Crippen molar-refractivity contribution in [3.63, 3.8) is 0 Å². The molecule has 0 saturated carbocycles. The number of carboxylic acid groups (broad SMARTS) is 1. The molecule has 0 aliphatic heterocycles. The number of ether oxygens (including phenoxy) is 1. The van der Waals surface area contributed by atoms with Crippen LogP contribution in [0.2, 0.25) is 0 Å². The minimum absolute atomic E-state index is 0.0654. The molecule has 1 aliphatic rings.